The molecule has 0 spiro atoms. The third-order valence-corrected chi connectivity index (χ3v) is 8.29. The molecule has 1 aliphatic heterocycles. The second-order valence-corrected chi connectivity index (χ2v) is 11.3. The van der Waals surface area contributed by atoms with Crippen molar-refractivity contribution in [2.45, 2.75) is 43.4 Å². The minimum Gasteiger partial charge on any atom is -0.480 e. The van der Waals surface area contributed by atoms with Crippen LogP contribution in [0.4, 0.5) is 5.69 Å². The van der Waals surface area contributed by atoms with Gasteiger partial charge in [0.05, 0.1) is 16.3 Å². The second kappa shape index (κ2) is 7.49. The molecule has 0 saturated heterocycles. The molecule has 1 unspecified atom stereocenters. The maximum atomic E-state index is 13.1. The quantitative estimate of drug-likeness (QED) is 0.701. The van der Waals surface area contributed by atoms with Crippen molar-refractivity contribution in [2.75, 3.05) is 17.7 Å². The van der Waals surface area contributed by atoms with Crippen LogP contribution in [-0.2, 0) is 24.7 Å². The van der Waals surface area contributed by atoms with Gasteiger partial charge in [0, 0.05) is 5.70 Å². The standard InChI is InChI=1S/C19H24N2O6S2/c1-4-19(3)8-6-13(7-9-19)21-29(25,26)16-11-14(28(23,24)5-2)10-15-18(16)27-12-17(22)20-15/h6-8,10-11,21H,4-5,9,12H2,1-3H3,(H,20,22). The number of allylic oxidation sites excluding steroid dienone is 3. The molecule has 0 fully saturated rings. The highest BCUT2D eigenvalue weighted by atomic mass is 32.2. The van der Waals surface area contributed by atoms with E-state index < -0.39 is 25.8 Å². The maximum Gasteiger partial charge on any atom is 0.265 e. The number of sulfone groups is 1. The average Bonchev–Trinajstić information content (AvgIpc) is 2.68. The molecule has 0 radical (unpaired) electrons. The molecule has 1 aromatic rings. The highest BCUT2D eigenvalue weighted by Crippen LogP contribution is 2.38. The summed E-state index contributed by atoms with van der Waals surface area (Å²) in [6.45, 7) is 5.24. The summed E-state index contributed by atoms with van der Waals surface area (Å²) in [6, 6.07) is 2.29. The third-order valence-electron chi connectivity index (χ3n) is 5.19. The Morgan fingerprint density at radius 1 is 1.21 bits per heavy atom. The molecule has 29 heavy (non-hydrogen) atoms. The summed E-state index contributed by atoms with van der Waals surface area (Å²) >= 11 is 0. The SMILES string of the molecule is CCC1(C)C=CC(NS(=O)(=O)c2cc(S(=O)(=O)CC)cc3c2OCC(=O)N3)=CC1. The molecular formula is C19H24N2O6S2. The zero-order valence-electron chi connectivity index (χ0n) is 16.5. The summed E-state index contributed by atoms with van der Waals surface area (Å²) in [5.41, 5.74) is 0.382. The fourth-order valence-corrected chi connectivity index (χ4v) is 5.28. The minimum atomic E-state index is -4.16. The lowest BCUT2D eigenvalue weighted by molar-refractivity contribution is -0.118. The molecule has 1 aromatic carbocycles. The van der Waals surface area contributed by atoms with E-state index >= 15 is 0 Å². The van der Waals surface area contributed by atoms with Gasteiger partial charge in [-0.3, -0.25) is 9.52 Å². The Kier molecular flexibility index (Phi) is 5.52. The zero-order valence-corrected chi connectivity index (χ0v) is 18.1. The van der Waals surface area contributed by atoms with Gasteiger partial charge in [-0.25, -0.2) is 16.8 Å². The molecule has 2 aliphatic rings. The molecule has 1 amide bonds. The highest BCUT2D eigenvalue weighted by Gasteiger charge is 2.31. The Labute approximate surface area is 171 Å². The van der Waals surface area contributed by atoms with Gasteiger partial charge in [-0.1, -0.05) is 32.9 Å². The van der Waals surface area contributed by atoms with Crippen LogP contribution in [0.1, 0.15) is 33.6 Å². The largest absolute Gasteiger partial charge is 0.480 e. The minimum absolute atomic E-state index is 0.0165. The molecule has 3 rings (SSSR count). The Hall–Kier alpha value is -2.33. The van der Waals surface area contributed by atoms with E-state index in [1.54, 1.807) is 12.2 Å². The van der Waals surface area contributed by atoms with Crippen LogP contribution < -0.4 is 14.8 Å². The van der Waals surface area contributed by atoms with Crippen molar-refractivity contribution >= 4 is 31.5 Å². The Morgan fingerprint density at radius 2 is 1.93 bits per heavy atom. The molecule has 158 valence electrons. The number of hydrogen-bond acceptors (Lipinski definition) is 6. The number of hydrogen-bond donors (Lipinski definition) is 2. The second-order valence-electron chi connectivity index (χ2n) is 7.35. The van der Waals surface area contributed by atoms with Crippen molar-refractivity contribution in [1.82, 2.24) is 4.72 Å². The lowest BCUT2D eigenvalue weighted by Gasteiger charge is -2.27. The predicted molar refractivity (Wildman–Crippen MR) is 109 cm³/mol. The monoisotopic (exact) mass is 440 g/mol. The van der Waals surface area contributed by atoms with Crippen LogP contribution in [0.5, 0.6) is 5.75 Å². The number of rotatable bonds is 6. The number of fused-ring (bicyclic) bond motifs is 1. The highest BCUT2D eigenvalue weighted by molar-refractivity contribution is 7.91. The van der Waals surface area contributed by atoms with Crippen LogP contribution in [-0.4, -0.2) is 35.1 Å². The Bertz CT molecular complexity index is 1120. The first-order chi connectivity index (χ1) is 13.5. The van der Waals surface area contributed by atoms with Crippen molar-refractivity contribution in [3.63, 3.8) is 0 Å². The van der Waals surface area contributed by atoms with Crippen LogP contribution in [0.2, 0.25) is 0 Å². The molecule has 0 bridgehead atoms. The van der Waals surface area contributed by atoms with Gasteiger partial charge in [-0.15, -0.1) is 0 Å². The topological polar surface area (TPSA) is 119 Å². The first-order valence-electron chi connectivity index (χ1n) is 9.25. The summed E-state index contributed by atoms with van der Waals surface area (Å²) in [5, 5.41) is 2.48. The van der Waals surface area contributed by atoms with Crippen LogP contribution >= 0.6 is 0 Å². The first kappa shape index (κ1) is 21.4. The van der Waals surface area contributed by atoms with Gasteiger partial charge in [-0.05, 0) is 36.5 Å². The van der Waals surface area contributed by atoms with E-state index in [0.29, 0.717) is 12.1 Å². The molecule has 8 nitrogen and oxygen atoms in total. The molecule has 0 saturated carbocycles. The number of anilines is 1. The summed E-state index contributed by atoms with van der Waals surface area (Å²) in [5.74, 6) is -0.778. The fourth-order valence-electron chi connectivity index (χ4n) is 3.01. The van der Waals surface area contributed by atoms with Crippen molar-refractivity contribution < 1.29 is 26.4 Å². The van der Waals surface area contributed by atoms with Gasteiger partial charge in [0.2, 0.25) is 0 Å². The third kappa shape index (κ3) is 4.32. The number of benzene rings is 1. The molecule has 1 heterocycles. The van der Waals surface area contributed by atoms with E-state index in [-0.39, 0.29) is 39.0 Å². The molecule has 0 aromatic heterocycles. The number of sulfonamides is 1. The van der Waals surface area contributed by atoms with Gasteiger partial charge < -0.3 is 10.1 Å². The van der Waals surface area contributed by atoms with Crippen LogP contribution in [0.3, 0.4) is 0 Å². The number of carbonyl (C=O) groups excluding carboxylic acids is 1. The van der Waals surface area contributed by atoms with Crippen LogP contribution in [0.15, 0.2) is 45.8 Å². The number of carbonyl (C=O) groups is 1. The predicted octanol–water partition coefficient (Wildman–Crippen LogP) is 2.35. The van der Waals surface area contributed by atoms with E-state index in [2.05, 4.69) is 23.9 Å². The van der Waals surface area contributed by atoms with Crippen molar-refractivity contribution in [3.05, 3.63) is 36.1 Å². The van der Waals surface area contributed by atoms with Gasteiger partial charge in [0.25, 0.3) is 15.9 Å². The zero-order chi connectivity index (χ0) is 21.4. The van der Waals surface area contributed by atoms with E-state index in [0.717, 1.165) is 12.5 Å². The molecule has 1 aliphatic carbocycles. The van der Waals surface area contributed by atoms with Crippen LogP contribution in [0.25, 0.3) is 0 Å². The summed E-state index contributed by atoms with van der Waals surface area (Å²) < 4.78 is 58.7. The van der Waals surface area contributed by atoms with E-state index in [9.17, 15) is 21.6 Å². The molecular weight excluding hydrogens is 416 g/mol. The van der Waals surface area contributed by atoms with Crippen molar-refractivity contribution in [3.8, 4) is 5.75 Å². The molecule has 1 atom stereocenters. The number of nitrogens with one attached hydrogen (secondary N) is 2. The van der Waals surface area contributed by atoms with Gasteiger partial charge in [-0.2, -0.15) is 0 Å². The smallest absolute Gasteiger partial charge is 0.265 e. The number of amides is 1. The molecule has 2 N–H and O–H groups in total. The van der Waals surface area contributed by atoms with E-state index in [1.165, 1.54) is 13.0 Å². The van der Waals surface area contributed by atoms with E-state index in [1.807, 2.05) is 6.08 Å². The van der Waals surface area contributed by atoms with Gasteiger partial charge in [0.1, 0.15) is 4.90 Å². The van der Waals surface area contributed by atoms with Crippen molar-refractivity contribution in [2.24, 2.45) is 5.41 Å². The Balaban J connectivity index is 2.05. The maximum absolute atomic E-state index is 13.1. The normalized spacial score (nSPS) is 21.6. The first-order valence-corrected chi connectivity index (χ1v) is 12.4. The van der Waals surface area contributed by atoms with Crippen LogP contribution in [0, 0.1) is 5.41 Å². The number of ether oxygens (including phenoxy) is 1. The lowest BCUT2D eigenvalue weighted by atomic mass is 9.81. The summed E-state index contributed by atoms with van der Waals surface area (Å²) in [6.07, 6.45) is 7.04. The van der Waals surface area contributed by atoms with Gasteiger partial charge >= 0.3 is 0 Å². The average molecular weight is 441 g/mol. The Morgan fingerprint density at radius 3 is 2.52 bits per heavy atom. The molecule has 10 heteroatoms. The van der Waals surface area contributed by atoms with E-state index in [4.69, 9.17) is 4.74 Å². The summed E-state index contributed by atoms with van der Waals surface area (Å²) in [4.78, 5) is 11.1. The summed E-state index contributed by atoms with van der Waals surface area (Å²) in [7, 11) is -7.88. The lowest BCUT2D eigenvalue weighted by Crippen LogP contribution is -2.30. The van der Waals surface area contributed by atoms with Crippen molar-refractivity contribution in [1.29, 1.82) is 0 Å². The fraction of sp³-hybridized carbons (Fsp3) is 0.421. The van der Waals surface area contributed by atoms with Gasteiger partial charge in [0.15, 0.2) is 22.2 Å².